The summed E-state index contributed by atoms with van der Waals surface area (Å²) in [5.74, 6) is -0.481. The van der Waals surface area contributed by atoms with E-state index in [0.29, 0.717) is 13.0 Å². The Bertz CT molecular complexity index is 1020. The van der Waals surface area contributed by atoms with E-state index in [9.17, 15) is 13.6 Å². The van der Waals surface area contributed by atoms with E-state index in [1.165, 1.54) is 6.07 Å². The summed E-state index contributed by atoms with van der Waals surface area (Å²) in [6, 6.07) is 10.1. The summed E-state index contributed by atoms with van der Waals surface area (Å²) in [6.07, 6.45) is 1.73. The van der Waals surface area contributed by atoms with E-state index in [0.717, 1.165) is 29.9 Å². The average Bonchev–Trinajstić information content (AvgIpc) is 3.38. The molecule has 150 valence electrons. The van der Waals surface area contributed by atoms with Crippen LogP contribution >= 0.6 is 0 Å². The molecule has 2 heterocycles. The van der Waals surface area contributed by atoms with Crippen molar-refractivity contribution >= 4 is 5.91 Å². The Morgan fingerprint density at radius 3 is 2.76 bits per heavy atom. The first-order valence-electron chi connectivity index (χ1n) is 9.26. The molecule has 0 aliphatic carbocycles. The molecule has 0 saturated carbocycles. The van der Waals surface area contributed by atoms with Gasteiger partial charge in [0.25, 0.3) is 0 Å². The summed E-state index contributed by atoms with van der Waals surface area (Å²) in [6.45, 7) is 0.586. The van der Waals surface area contributed by atoms with Crippen LogP contribution in [0.1, 0.15) is 30.3 Å². The fourth-order valence-electron chi connectivity index (χ4n) is 3.49. The van der Waals surface area contributed by atoms with Gasteiger partial charge in [0.1, 0.15) is 23.4 Å². The third-order valence-electron chi connectivity index (χ3n) is 4.99. The number of rotatable bonds is 5. The van der Waals surface area contributed by atoms with Gasteiger partial charge in [0, 0.05) is 12.6 Å². The standard InChI is InChI=1S/C21H19F2N3O3/c1-28-15-7-4-13(5-8-15)11-19(27)26-10-2-3-18(26)21-24-20(25-29-21)16-9-6-14(22)12-17(16)23/h4-9,12,18H,2-3,10-11H2,1H3. The maximum atomic E-state index is 14.0. The number of methoxy groups -OCH3 is 1. The fourth-order valence-corrected chi connectivity index (χ4v) is 3.49. The molecule has 1 saturated heterocycles. The van der Waals surface area contributed by atoms with Crippen molar-refractivity contribution in [2.45, 2.75) is 25.3 Å². The van der Waals surface area contributed by atoms with Gasteiger partial charge < -0.3 is 14.2 Å². The van der Waals surface area contributed by atoms with Gasteiger partial charge >= 0.3 is 0 Å². The summed E-state index contributed by atoms with van der Waals surface area (Å²) in [5.41, 5.74) is 0.927. The van der Waals surface area contributed by atoms with E-state index >= 15 is 0 Å². The van der Waals surface area contributed by atoms with Gasteiger partial charge in [-0.1, -0.05) is 17.3 Å². The van der Waals surface area contributed by atoms with E-state index in [1.54, 1.807) is 12.0 Å². The van der Waals surface area contributed by atoms with Gasteiger partial charge in [0.2, 0.25) is 17.6 Å². The minimum Gasteiger partial charge on any atom is -0.497 e. The number of hydrogen-bond acceptors (Lipinski definition) is 5. The van der Waals surface area contributed by atoms with Gasteiger partial charge in [-0.3, -0.25) is 4.79 Å². The third kappa shape index (κ3) is 3.96. The largest absolute Gasteiger partial charge is 0.497 e. The summed E-state index contributed by atoms with van der Waals surface area (Å²) in [4.78, 5) is 18.8. The first kappa shape index (κ1) is 19.0. The van der Waals surface area contributed by atoms with Crippen molar-refractivity contribution in [3.63, 3.8) is 0 Å². The number of benzene rings is 2. The second kappa shape index (κ2) is 7.98. The molecule has 0 spiro atoms. The number of ether oxygens (including phenoxy) is 1. The van der Waals surface area contributed by atoms with Crippen molar-refractivity contribution in [3.8, 4) is 17.1 Å². The van der Waals surface area contributed by atoms with E-state index in [2.05, 4.69) is 10.1 Å². The van der Waals surface area contributed by atoms with Crippen LogP contribution in [-0.4, -0.2) is 34.6 Å². The number of nitrogens with zero attached hydrogens (tertiary/aromatic N) is 3. The van der Waals surface area contributed by atoms with Crippen molar-refractivity contribution in [1.29, 1.82) is 0 Å². The molecule has 6 nitrogen and oxygen atoms in total. The smallest absolute Gasteiger partial charge is 0.249 e. The van der Waals surface area contributed by atoms with Crippen molar-refractivity contribution in [2.24, 2.45) is 0 Å². The zero-order chi connectivity index (χ0) is 20.4. The Morgan fingerprint density at radius 1 is 1.24 bits per heavy atom. The molecular weight excluding hydrogens is 380 g/mol. The number of likely N-dealkylation sites (tertiary alicyclic amines) is 1. The van der Waals surface area contributed by atoms with Crippen LogP contribution in [0.25, 0.3) is 11.4 Å². The molecule has 3 aromatic rings. The normalized spacial score (nSPS) is 16.2. The van der Waals surface area contributed by atoms with Crippen LogP contribution in [0, 0.1) is 11.6 Å². The average molecular weight is 399 g/mol. The minimum absolute atomic E-state index is 0.0342. The molecule has 2 aromatic carbocycles. The molecule has 4 rings (SSSR count). The van der Waals surface area contributed by atoms with Gasteiger partial charge in [-0.15, -0.1) is 0 Å². The lowest BCUT2D eigenvalue weighted by Crippen LogP contribution is -2.32. The first-order chi connectivity index (χ1) is 14.0. The van der Waals surface area contributed by atoms with E-state index < -0.39 is 11.6 Å². The van der Waals surface area contributed by atoms with Gasteiger partial charge in [-0.05, 0) is 42.7 Å². The van der Waals surface area contributed by atoms with Crippen LogP contribution in [0.3, 0.4) is 0 Å². The SMILES string of the molecule is COc1ccc(CC(=O)N2CCCC2c2nc(-c3ccc(F)cc3F)no2)cc1. The lowest BCUT2D eigenvalue weighted by atomic mass is 10.1. The Morgan fingerprint density at radius 2 is 2.03 bits per heavy atom. The highest BCUT2D eigenvalue weighted by molar-refractivity contribution is 5.79. The Labute approximate surface area is 166 Å². The summed E-state index contributed by atoms with van der Waals surface area (Å²) in [7, 11) is 1.59. The predicted molar refractivity (Wildman–Crippen MR) is 100 cm³/mol. The molecule has 1 aromatic heterocycles. The van der Waals surface area contributed by atoms with Gasteiger partial charge in [-0.2, -0.15) is 4.98 Å². The highest BCUT2D eigenvalue weighted by Crippen LogP contribution is 2.33. The van der Waals surface area contributed by atoms with Crippen molar-refractivity contribution in [2.75, 3.05) is 13.7 Å². The molecule has 1 aliphatic rings. The molecule has 0 bridgehead atoms. The monoisotopic (exact) mass is 399 g/mol. The molecule has 8 heteroatoms. The second-order valence-electron chi connectivity index (χ2n) is 6.85. The van der Waals surface area contributed by atoms with Gasteiger partial charge in [0.05, 0.1) is 19.1 Å². The third-order valence-corrected chi connectivity index (χ3v) is 4.99. The molecule has 29 heavy (non-hydrogen) atoms. The predicted octanol–water partition coefficient (Wildman–Crippen LogP) is 3.93. The Kier molecular flexibility index (Phi) is 5.24. The summed E-state index contributed by atoms with van der Waals surface area (Å²) >= 11 is 0. The maximum absolute atomic E-state index is 14.0. The number of hydrogen-bond donors (Lipinski definition) is 0. The molecule has 1 fully saturated rings. The molecule has 1 amide bonds. The highest BCUT2D eigenvalue weighted by atomic mass is 19.1. The van der Waals surface area contributed by atoms with Crippen molar-refractivity contribution < 1.29 is 22.8 Å². The van der Waals surface area contributed by atoms with Crippen LogP contribution in [0.2, 0.25) is 0 Å². The Hall–Kier alpha value is -3.29. The molecule has 0 radical (unpaired) electrons. The van der Waals surface area contributed by atoms with Crippen molar-refractivity contribution in [3.05, 3.63) is 65.6 Å². The van der Waals surface area contributed by atoms with E-state index in [1.807, 2.05) is 24.3 Å². The zero-order valence-electron chi connectivity index (χ0n) is 15.8. The first-order valence-corrected chi connectivity index (χ1v) is 9.26. The quantitative estimate of drug-likeness (QED) is 0.650. The molecule has 1 atom stereocenters. The van der Waals surface area contributed by atoms with Gasteiger partial charge in [-0.25, -0.2) is 8.78 Å². The lowest BCUT2D eigenvalue weighted by Gasteiger charge is -2.22. The van der Waals surface area contributed by atoms with Crippen LogP contribution in [-0.2, 0) is 11.2 Å². The number of halogens is 2. The van der Waals surface area contributed by atoms with Crippen LogP contribution in [0.5, 0.6) is 5.75 Å². The molecule has 1 aliphatic heterocycles. The van der Waals surface area contributed by atoms with Crippen molar-refractivity contribution in [1.82, 2.24) is 15.0 Å². The zero-order valence-corrected chi connectivity index (χ0v) is 15.8. The Balaban J connectivity index is 1.50. The van der Waals surface area contributed by atoms with E-state index in [-0.39, 0.29) is 35.6 Å². The number of carbonyl (C=O) groups excluding carboxylic acids is 1. The summed E-state index contributed by atoms with van der Waals surface area (Å²) < 4.78 is 37.6. The van der Waals surface area contributed by atoms with Gasteiger partial charge in [0.15, 0.2) is 0 Å². The summed E-state index contributed by atoms with van der Waals surface area (Å²) in [5, 5.41) is 3.82. The van der Waals surface area contributed by atoms with Crippen LogP contribution in [0.4, 0.5) is 8.78 Å². The van der Waals surface area contributed by atoms with Crippen LogP contribution in [0.15, 0.2) is 47.0 Å². The molecular formula is C21H19F2N3O3. The van der Waals surface area contributed by atoms with Crippen LogP contribution < -0.4 is 4.74 Å². The fraction of sp³-hybridized carbons (Fsp3) is 0.286. The number of carbonyl (C=O) groups is 1. The number of aromatic nitrogens is 2. The highest BCUT2D eigenvalue weighted by Gasteiger charge is 2.34. The molecule has 1 unspecified atom stereocenters. The number of amides is 1. The molecule has 0 N–H and O–H groups in total. The van der Waals surface area contributed by atoms with E-state index in [4.69, 9.17) is 9.26 Å². The lowest BCUT2D eigenvalue weighted by molar-refractivity contribution is -0.131. The minimum atomic E-state index is -0.767. The topological polar surface area (TPSA) is 68.5 Å². The maximum Gasteiger partial charge on any atom is 0.249 e. The second-order valence-corrected chi connectivity index (χ2v) is 6.85.